The van der Waals surface area contributed by atoms with Crippen LogP contribution in [0.3, 0.4) is 0 Å². The van der Waals surface area contributed by atoms with E-state index in [0.717, 1.165) is 0 Å². The fraction of sp³-hybridized carbons (Fsp3) is 0.300. The molecule has 1 aromatic carbocycles. The van der Waals surface area contributed by atoms with Gasteiger partial charge in [0, 0.05) is 0 Å². The van der Waals surface area contributed by atoms with E-state index in [0.29, 0.717) is 0 Å². The third-order valence-corrected chi connectivity index (χ3v) is 1.97. The fourth-order valence-corrected chi connectivity index (χ4v) is 1.03. The second-order valence-corrected chi connectivity index (χ2v) is 2.85. The van der Waals surface area contributed by atoms with Crippen LogP contribution >= 0.6 is 12.4 Å². The van der Waals surface area contributed by atoms with Gasteiger partial charge in [-0.25, -0.2) is 4.39 Å². The van der Waals surface area contributed by atoms with Gasteiger partial charge in [-0.1, -0.05) is 12.1 Å². The molecule has 0 amide bonds. The molecule has 1 unspecified atom stereocenters. The minimum absolute atomic E-state index is 0. The van der Waals surface area contributed by atoms with E-state index < -0.39 is 5.82 Å². The quantitative estimate of drug-likeness (QED) is 0.786. The fourth-order valence-electron chi connectivity index (χ4n) is 1.03. The lowest BCUT2D eigenvalue weighted by atomic mass is 10.1. The number of rotatable bonds is 3. The van der Waals surface area contributed by atoms with Crippen molar-refractivity contribution in [2.75, 3.05) is 7.05 Å². The van der Waals surface area contributed by atoms with Crippen molar-refractivity contribution in [2.45, 2.75) is 13.0 Å². The molecule has 1 atom stereocenters. The Kier molecular flexibility index (Phi) is 5.35. The normalized spacial score (nSPS) is 11.6. The SMILES string of the molecule is CNC(C)C(=O)c1ccccc1F.Cl. The lowest BCUT2D eigenvalue weighted by Gasteiger charge is -2.08. The van der Waals surface area contributed by atoms with Crippen molar-refractivity contribution in [3.05, 3.63) is 35.6 Å². The highest BCUT2D eigenvalue weighted by Crippen LogP contribution is 2.08. The lowest BCUT2D eigenvalue weighted by Crippen LogP contribution is -2.31. The van der Waals surface area contributed by atoms with Crippen LogP contribution in [0.2, 0.25) is 0 Å². The number of halogens is 2. The highest BCUT2D eigenvalue weighted by atomic mass is 35.5. The molecule has 0 aliphatic carbocycles. The van der Waals surface area contributed by atoms with Gasteiger partial charge in [-0.2, -0.15) is 0 Å². The van der Waals surface area contributed by atoms with Crippen LogP contribution in [0, 0.1) is 5.82 Å². The van der Waals surface area contributed by atoms with E-state index >= 15 is 0 Å². The standard InChI is InChI=1S/C10H12FNO.ClH/c1-7(12-2)10(13)8-5-3-4-6-9(8)11;/h3-7,12H,1-2H3;1H. The Balaban J connectivity index is 0.00000169. The maximum atomic E-state index is 13.1. The molecule has 0 saturated carbocycles. The number of benzene rings is 1. The second kappa shape index (κ2) is 5.73. The Morgan fingerprint density at radius 1 is 1.43 bits per heavy atom. The Hall–Kier alpha value is -0.930. The topological polar surface area (TPSA) is 29.1 Å². The first kappa shape index (κ1) is 13.1. The van der Waals surface area contributed by atoms with Gasteiger partial charge in [0.25, 0.3) is 0 Å². The molecule has 1 aromatic rings. The summed E-state index contributed by atoms with van der Waals surface area (Å²) in [4.78, 5) is 11.5. The van der Waals surface area contributed by atoms with E-state index in [-0.39, 0.29) is 29.8 Å². The molecular formula is C10H13ClFNO. The lowest BCUT2D eigenvalue weighted by molar-refractivity contribution is 0.0951. The van der Waals surface area contributed by atoms with Gasteiger partial charge in [0.1, 0.15) is 5.82 Å². The summed E-state index contributed by atoms with van der Waals surface area (Å²) in [7, 11) is 1.67. The van der Waals surface area contributed by atoms with Gasteiger partial charge in [0.2, 0.25) is 0 Å². The molecule has 0 aromatic heterocycles. The molecule has 0 aliphatic rings. The van der Waals surface area contributed by atoms with Gasteiger partial charge in [-0.3, -0.25) is 4.79 Å². The highest BCUT2D eigenvalue weighted by Gasteiger charge is 2.15. The van der Waals surface area contributed by atoms with E-state index in [1.54, 1.807) is 26.1 Å². The summed E-state index contributed by atoms with van der Waals surface area (Å²) in [5.41, 5.74) is 0.143. The smallest absolute Gasteiger partial charge is 0.182 e. The largest absolute Gasteiger partial charge is 0.310 e. The molecular weight excluding hydrogens is 205 g/mol. The number of ketones is 1. The molecule has 0 spiro atoms. The van der Waals surface area contributed by atoms with Crippen LogP contribution in [0.15, 0.2) is 24.3 Å². The van der Waals surface area contributed by atoms with Crippen LogP contribution in [-0.4, -0.2) is 18.9 Å². The van der Waals surface area contributed by atoms with Crippen molar-refractivity contribution in [3.8, 4) is 0 Å². The van der Waals surface area contributed by atoms with Crippen molar-refractivity contribution in [1.29, 1.82) is 0 Å². The summed E-state index contributed by atoms with van der Waals surface area (Å²) in [6.07, 6.45) is 0. The van der Waals surface area contributed by atoms with Crippen LogP contribution in [0.25, 0.3) is 0 Å². The van der Waals surface area contributed by atoms with Crippen LogP contribution in [0.5, 0.6) is 0 Å². The van der Waals surface area contributed by atoms with Crippen molar-refractivity contribution in [1.82, 2.24) is 5.32 Å². The average molecular weight is 218 g/mol. The second-order valence-electron chi connectivity index (χ2n) is 2.85. The Morgan fingerprint density at radius 3 is 2.50 bits per heavy atom. The zero-order valence-corrected chi connectivity index (χ0v) is 8.90. The number of hydrogen-bond donors (Lipinski definition) is 1. The van der Waals surface area contributed by atoms with Crippen molar-refractivity contribution >= 4 is 18.2 Å². The van der Waals surface area contributed by atoms with Crippen LogP contribution in [0.4, 0.5) is 4.39 Å². The number of hydrogen-bond acceptors (Lipinski definition) is 2. The first-order chi connectivity index (χ1) is 6.16. The first-order valence-electron chi connectivity index (χ1n) is 4.13. The molecule has 14 heavy (non-hydrogen) atoms. The molecule has 4 heteroatoms. The van der Waals surface area contributed by atoms with Crippen LogP contribution in [-0.2, 0) is 0 Å². The summed E-state index contributed by atoms with van der Waals surface area (Å²) in [5.74, 6) is -0.685. The molecule has 0 bridgehead atoms. The summed E-state index contributed by atoms with van der Waals surface area (Å²) in [6.45, 7) is 1.70. The molecule has 0 fully saturated rings. The van der Waals surface area contributed by atoms with Gasteiger partial charge < -0.3 is 5.32 Å². The Labute approximate surface area is 88.9 Å². The third kappa shape index (κ3) is 2.79. The highest BCUT2D eigenvalue weighted by molar-refractivity contribution is 6.00. The number of nitrogens with one attached hydrogen (secondary N) is 1. The van der Waals surface area contributed by atoms with E-state index in [9.17, 15) is 9.18 Å². The number of carbonyl (C=O) groups is 1. The van der Waals surface area contributed by atoms with E-state index in [1.807, 2.05) is 0 Å². The molecule has 0 radical (unpaired) electrons. The molecule has 2 nitrogen and oxygen atoms in total. The number of Topliss-reactive ketones (excluding diaryl/α,β-unsaturated/α-hetero) is 1. The maximum absolute atomic E-state index is 13.1. The number of likely N-dealkylation sites (N-methyl/N-ethyl adjacent to an activating group) is 1. The molecule has 1 rings (SSSR count). The monoisotopic (exact) mass is 217 g/mol. The summed E-state index contributed by atoms with van der Waals surface area (Å²) in [6, 6.07) is 5.65. The van der Waals surface area contributed by atoms with Crippen molar-refractivity contribution in [2.24, 2.45) is 0 Å². The third-order valence-electron chi connectivity index (χ3n) is 1.97. The molecule has 78 valence electrons. The van der Waals surface area contributed by atoms with Gasteiger partial charge in [0.05, 0.1) is 11.6 Å². The summed E-state index contributed by atoms with van der Waals surface area (Å²) >= 11 is 0. The Morgan fingerprint density at radius 2 is 2.00 bits per heavy atom. The van der Waals surface area contributed by atoms with Gasteiger partial charge in [-0.05, 0) is 26.1 Å². The predicted octanol–water partition coefficient (Wildman–Crippen LogP) is 2.04. The van der Waals surface area contributed by atoms with Gasteiger partial charge in [-0.15, -0.1) is 12.4 Å². The summed E-state index contributed by atoms with van der Waals surface area (Å²) < 4.78 is 13.1. The van der Waals surface area contributed by atoms with E-state index in [2.05, 4.69) is 5.32 Å². The predicted molar refractivity (Wildman–Crippen MR) is 56.5 cm³/mol. The van der Waals surface area contributed by atoms with Crippen LogP contribution < -0.4 is 5.32 Å². The molecule has 1 N–H and O–H groups in total. The van der Waals surface area contributed by atoms with E-state index in [4.69, 9.17) is 0 Å². The summed E-state index contributed by atoms with van der Waals surface area (Å²) in [5, 5.41) is 2.77. The molecule has 0 aliphatic heterocycles. The van der Waals surface area contributed by atoms with Gasteiger partial charge >= 0.3 is 0 Å². The van der Waals surface area contributed by atoms with Gasteiger partial charge in [0.15, 0.2) is 5.78 Å². The Bertz CT molecular complexity index is 317. The van der Waals surface area contributed by atoms with Crippen molar-refractivity contribution in [3.63, 3.8) is 0 Å². The van der Waals surface area contributed by atoms with Crippen molar-refractivity contribution < 1.29 is 9.18 Å². The maximum Gasteiger partial charge on any atom is 0.182 e. The number of carbonyl (C=O) groups excluding carboxylic acids is 1. The minimum atomic E-state index is -0.463. The average Bonchev–Trinajstić information content (AvgIpc) is 2.16. The van der Waals surface area contributed by atoms with Crippen LogP contribution in [0.1, 0.15) is 17.3 Å². The first-order valence-corrected chi connectivity index (χ1v) is 4.13. The zero-order valence-electron chi connectivity index (χ0n) is 8.08. The minimum Gasteiger partial charge on any atom is -0.310 e. The zero-order chi connectivity index (χ0) is 9.84. The molecule has 0 heterocycles. The van der Waals surface area contributed by atoms with E-state index in [1.165, 1.54) is 12.1 Å². The molecule has 0 saturated heterocycles.